The fraction of sp³-hybridized carbons (Fsp3) is 0.364. The Morgan fingerprint density at radius 3 is 2.52 bits per heavy atom. The maximum absolute atomic E-state index is 13.0. The van der Waals surface area contributed by atoms with Gasteiger partial charge in [0.2, 0.25) is 11.7 Å². The number of pyridine rings is 1. The molecule has 1 aliphatic heterocycles. The molecule has 1 aromatic carbocycles. The lowest BCUT2D eigenvalue weighted by molar-refractivity contribution is 0.0743. The number of hydrogen-bond acceptors (Lipinski definition) is 8. The monoisotopic (exact) mass is 423 g/mol. The zero-order chi connectivity index (χ0) is 21.8. The molecule has 1 fully saturated rings. The van der Waals surface area contributed by atoms with Crippen LogP contribution >= 0.6 is 0 Å². The fourth-order valence-electron chi connectivity index (χ4n) is 3.51. The van der Waals surface area contributed by atoms with Gasteiger partial charge in [0.1, 0.15) is 17.3 Å². The average Bonchev–Trinajstić information content (AvgIpc) is 3.33. The first-order valence-corrected chi connectivity index (χ1v) is 10.2. The highest BCUT2D eigenvalue weighted by atomic mass is 16.5. The second-order valence-corrected chi connectivity index (χ2v) is 7.12. The molecule has 2 aromatic heterocycles. The maximum atomic E-state index is 13.0. The summed E-state index contributed by atoms with van der Waals surface area (Å²) in [6.07, 6.45) is 2.45. The van der Waals surface area contributed by atoms with Crippen LogP contribution in [0.3, 0.4) is 0 Å². The average molecular weight is 423 g/mol. The smallest absolute Gasteiger partial charge is 0.257 e. The number of rotatable bonds is 6. The maximum Gasteiger partial charge on any atom is 0.257 e. The summed E-state index contributed by atoms with van der Waals surface area (Å²) in [4.78, 5) is 25.9. The van der Waals surface area contributed by atoms with E-state index in [0.29, 0.717) is 61.4 Å². The molecule has 0 atom stereocenters. The number of carbonyl (C=O) groups is 1. The van der Waals surface area contributed by atoms with Crippen molar-refractivity contribution in [3.63, 3.8) is 0 Å². The molecule has 9 heteroatoms. The predicted molar refractivity (Wildman–Crippen MR) is 115 cm³/mol. The summed E-state index contributed by atoms with van der Waals surface area (Å²) in [5, 5.41) is 3.98. The Hall–Kier alpha value is -3.62. The number of amides is 1. The van der Waals surface area contributed by atoms with E-state index in [1.165, 1.54) is 0 Å². The second-order valence-electron chi connectivity index (χ2n) is 7.12. The van der Waals surface area contributed by atoms with Gasteiger partial charge in [-0.1, -0.05) is 12.1 Å². The quantitative estimate of drug-likeness (QED) is 0.597. The van der Waals surface area contributed by atoms with E-state index in [-0.39, 0.29) is 5.91 Å². The number of nitrogens with zero attached hydrogens (tertiary/aromatic N) is 5. The molecule has 0 spiro atoms. The van der Waals surface area contributed by atoms with Crippen molar-refractivity contribution < 1.29 is 18.8 Å². The minimum absolute atomic E-state index is 0.0497. The zero-order valence-corrected chi connectivity index (χ0v) is 17.9. The van der Waals surface area contributed by atoms with Gasteiger partial charge in [-0.2, -0.15) is 4.98 Å². The second kappa shape index (κ2) is 9.03. The van der Waals surface area contributed by atoms with E-state index < -0.39 is 0 Å². The molecule has 0 aliphatic carbocycles. The molecule has 0 radical (unpaired) electrons. The lowest BCUT2D eigenvalue weighted by Crippen LogP contribution is -2.49. The first-order valence-electron chi connectivity index (χ1n) is 10.2. The van der Waals surface area contributed by atoms with Gasteiger partial charge in [0.15, 0.2) is 0 Å². The molecule has 4 rings (SSSR count). The first kappa shape index (κ1) is 20.6. The van der Waals surface area contributed by atoms with Gasteiger partial charge in [-0.05, 0) is 24.3 Å². The highest BCUT2D eigenvalue weighted by Gasteiger charge is 2.25. The Balaban J connectivity index is 1.40. The number of piperazine rings is 1. The van der Waals surface area contributed by atoms with Crippen LogP contribution in [0.4, 0.5) is 5.82 Å². The van der Waals surface area contributed by atoms with Crippen LogP contribution in [0.1, 0.15) is 23.2 Å². The van der Waals surface area contributed by atoms with Crippen molar-refractivity contribution in [2.24, 2.45) is 0 Å². The van der Waals surface area contributed by atoms with Gasteiger partial charge in [0, 0.05) is 50.4 Å². The van der Waals surface area contributed by atoms with Gasteiger partial charge in [0.25, 0.3) is 5.91 Å². The van der Waals surface area contributed by atoms with Crippen LogP contribution in [0.5, 0.6) is 11.5 Å². The summed E-state index contributed by atoms with van der Waals surface area (Å²) in [6.45, 7) is 4.55. The topological polar surface area (TPSA) is 93.8 Å². The fourth-order valence-corrected chi connectivity index (χ4v) is 3.51. The molecule has 3 aromatic rings. The van der Waals surface area contributed by atoms with Gasteiger partial charge >= 0.3 is 0 Å². The largest absolute Gasteiger partial charge is 0.497 e. The van der Waals surface area contributed by atoms with Crippen molar-refractivity contribution in [2.45, 2.75) is 13.3 Å². The van der Waals surface area contributed by atoms with Crippen LogP contribution in [-0.4, -0.2) is 66.3 Å². The Labute approximate surface area is 180 Å². The highest BCUT2D eigenvalue weighted by Crippen LogP contribution is 2.26. The zero-order valence-electron chi connectivity index (χ0n) is 17.9. The number of anilines is 1. The number of methoxy groups -OCH3 is 2. The van der Waals surface area contributed by atoms with Crippen LogP contribution in [0.2, 0.25) is 0 Å². The molecular weight excluding hydrogens is 398 g/mol. The molecule has 1 saturated heterocycles. The predicted octanol–water partition coefficient (Wildman–Crippen LogP) is 2.67. The molecule has 1 aliphatic rings. The number of carbonyl (C=O) groups excluding carboxylic acids is 1. The van der Waals surface area contributed by atoms with Crippen LogP contribution in [0, 0.1) is 0 Å². The molecule has 0 N–H and O–H groups in total. The SMILES string of the molecule is CCc1nc(-c2ccc(N3CCN(C(=O)c4ccc(OC)cc4OC)CC3)nc2)no1. The van der Waals surface area contributed by atoms with Crippen molar-refractivity contribution in [1.82, 2.24) is 20.0 Å². The van der Waals surface area contributed by atoms with E-state index in [0.717, 1.165) is 11.4 Å². The normalized spacial score (nSPS) is 13.9. The molecule has 0 unspecified atom stereocenters. The van der Waals surface area contributed by atoms with Crippen molar-refractivity contribution >= 4 is 11.7 Å². The Morgan fingerprint density at radius 2 is 1.90 bits per heavy atom. The summed E-state index contributed by atoms with van der Waals surface area (Å²) in [6, 6.07) is 9.12. The van der Waals surface area contributed by atoms with Gasteiger partial charge in [-0.3, -0.25) is 4.79 Å². The third-order valence-corrected chi connectivity index (χ3v) is 5.31. The van der Waals surface area contributed by atoms with Crippen molar-refractivity contribution in [3.05, 3.63) is 48.0 Å². The van der Waals surface area contributed by atoms with Crippen molar-refractivity contribution in [1.29, 1.82) is 0 Å². The first-order chi connectivity index (χ1) is 15.1. The van der Waals surface area contributed by atoms with Gasteiger partial charge in [-0.15, -0.1) is 0 Å². The molecule has 0 bridgehead atoms. The Kier molecular flexibility index (Phi) is 6.01. The number of benzene rings is 1. The number of aryl methyl sites for hydroxylation is 1. The molecule has 31 heavy (non-hydrogen) atoms. The minimum Gasteiger partial charge on any atom is -0.497 e. The highest BCUT2D eigenvalue weighted by molar-refractivity contribution is 5.97. The Morgan fingerprint density at radius 1 is 1.10 bits per heavy atom. The summed E-state index contributed by atoms with van der Waals surface area (Å²) in [5.74, 6) is 3.12. The molecule has 9 nitrogen and oxygen atoms in total. The number of ether oxygens (including phenoxy) is 2. The third kappa shape index (κ3) is 4.30. The minimum atomic E-state index is -0.0497. The van der Waals surface area contributed by atoms with Crippen LogP contribution in [0.25, 0.3) is 11.4 Å². The lowest BCUT2D eigenvalue weighted by Gasteiger charge is -2.35. The van der Waals surface area contributed by atoms with E-state index in [1.807, 2.05) is 24.0 Å². The van der Waals surface area contributed by atoms with E-state index in [2.05, 4.69) is 20.0 Å². The van der Waals surface area contributed by atoms with Gasteiger partial charge in [-0.25, -0.2) is 4.98 Å². The van der Waals surface area contributed by atoms with E-state index >= 15 is 0 Å². The molecule has 162 valence electrons. The van der Waals surface area contributed by atoms with Crippen LogP contribution < -0.4 is 14.4 Å². The van der Waals surface area contributed by atoms with E-state index in [1.54, 1.807) is 38.6 Å². The van der Waals surface area contributed by atoms with Gasteiger partial charge < -0.3 is 23.8 Å². The molecular formula is C22H25N5O4. The third-order valence-electron chi connectivity index (χ3n) is 5.31. The van der Waals surface area contributed by atoms with Crippen LogP contribution in [0.15, 0.2) is 41.1 Å². The molecule has 0 saturated carbocycles. The van der Waals surface area contributed by atoms with E-state index in [9.17, 15) is 4.79 Å². The lowest BCUT2D eigenvalue weighted by atomic mass is 10.1. The Bertz CT molecular complexity index is 1040. The van der Waals surface area contributed by atoms with Crippen LogP contribution in [-0.2, 0) is 6.42 Å². The van der Waals surface area contributed by atoms with Gasteiger partial charge in [0.05, 0.1) is 19.8 Å². The summed E-state index contributed by atoms with van der Waals surface area (Å²) < 4.78 is 15.8. The number of hydrogen-bond donors (Lipinski definition) is 0. The summed E-state index contributed by atoms with van der Waals surface area (Å²) in [7, 11) is 3.14. The standard InChI is InChI=1S/C22H25N5O4/c1-4-20-24-21(25-31-20)15-5-8-19(23-14-15)26-9-11-27(12-10-26)22(28)17-7-6-16(29-2)13-18(17)30-3/h5-8,13-14H,4,9-12H2,1-3H3. The van der Waals surface area contributed by atoms with E-state index in [4.69, 9.17) is 14.0 Å². The van der Waals surface area contributed by atoms with Crippen molar-refractivity contribution in [3.8, 4) is 22.9 Å². The molecule has 1 amide bonds. The summed E-state index contributed by atoms with van der Waals surface area (Å²) >= 11 is 0. The van der Waals surface area contributed by atoms with Crippen molar-refractivity contribution in [2.75, 3.05) is 45.3 Å². The number of aromatic nitrogens is 3. The summed E-state index contributed by atoms with van der Waals surface area (Å²) in [5.41, 5.74) is 1.35. The molecule has 3 heterocycles.